The molecule has 0 aliphatic rings. The summed E-state index contributed by atoms with van der Waals surface area (Å²) < 4.78 is 10.8. The predicted octanol–water partition coefficient (Wildman–Crippen LogP) is 3.99. The van der Waals surface area contributed by atoms with Crippen LogP contribution in [0.5, 0.6) is 11.5 Å². The summed E-state index contributed by atoms with van der Waals surface area (Å²) in [5.74, 6) is 1.16. The maximum absolute atomic E-state index is 12.5. The average molecular weight is 369 g/mol. The molecule has 1 aromatic carbocycles. The van der Waals surface area contributed by atoms with Gasteiger partial charge in [-0.3, -0.25) is 9.78 Å². The quantitative estimate of drug-likeness (QED) is 0.711. The topological polar surface area (TPSA) is 73.3 Å². The van der Waals surface area contributed by atoms with Crippen molar-refractivity contribution in [3.05, 3.63) is 63.9 Å². The Morgan fingerprint density at radius 3 is 2.77 bits per heavy atom. The first kappa shape index (κ1) is 17.9. The van der Waals surface area contributed by atoms with Crippen molar-refractivity contribution in [2.75, 3.05) is 12.4 Å². The first-order valence-corrected chi connectivity index (χ1v) is 8.84. The van der Waals surface area contributed by atoms with Gasteiger partial charge in [0.2, 0.25) is 0 Å². The number of thiazole rings is 1. The second kappa shape index (κ2) is 7.97. The van der Waals surface area contributed by atoms with Crippen LogP contribution in [0.4, 0.5) is 5.69 Å². The Bertz CT molecular complexity index is 907. The molecule has 0 unspecified atom stereocenters. The first-order chi connectivity index (χ1) is 12.5. The zero-order valence-electron chi connectivity index (χ0n) is 14.8. The third kappa shape index (κ3) is 4.37. The Morgan fingerprint density at radius 2 is 2.04 bits per heavy atom. The highest BCUT2D eigenvalue weighted by atomic mass is 32.1. The molecule has 0 fully saturated rings. The van der Waals surface area contributed by atoms with Gasteiger partial charge in [-0.15, -0.1) is 11.3 Å². The maximum atomic E-state index is 12.5. The van der Waals surface area contributed by atoms with Crippen LogP contribution in [0.3, 0.4) is 0 Å². The number of rotatable bonds is 6. The SMILES string of the molecule is COc1cccc(NC(=O)c2sc(COc3ccc(C)nc3)nc2C)c1. The lowest BCUT2D eigenvalue weighted by Crippen LogP contribution is -2.11. The van der Waals surface area contributed by atoms with Gasteiger partial charge in [-0.05, 0) is 38.1 Å². The van der Waals surface area contributed by atoms with Crippen LogP contribution in [0.1, 0.15) is 26.1 Å². The van der Waals surface area contributed by atoms with Crippen LogP contribution in [0.2, 0.25) is 0 Å². The highest BCUT2D eigenvalue weighted by molar-refractivity contribution is 7.13. The van der Waals surface area contributed by atoms with E-state index >= 15 is 0 Å². The lowest BCUT2D eigenvalue weighted by molar-refractivity contribution is 0.103. The van der Waals surface area contributed by atoms with Crippen molar-refractivity contribution in [1.29, 1.82) is 0 Å². The smallest absolute Gasteiger partial charge is 0.267 e. The molecule has 0 aliphatic carbocycles. The largest absolute Gasteiger partial charge is 0.497 e. The fourth-order valence-electron chi connectivity index (χ4n) is 2.30. The van der Waals surface area contributed by atoms with Crippen molar-refractivity contribution in [2.24, 2.45) is 0 Å². The van der Waals surface area contributed by atoms with Crippen LogP contribution in [-0.2, 0) is 6.61 Å². The van der Waals surface area contributed by atoms with Crippen molar-refractivity contribution >= 4 is 22.9 Å². The van der Waals surface area contributed by atoms with E-state index < -0.39 is 0 Å². The molecule has 3 rings (SSSR count). The summed E-state index contributed by atoms with van der Waals surface area (Å²) in [5, 5.41) is 3.60. The Kier molecular flexibility index (Phi) is 5.48. The lowest BCUT2D eigenvalue weighted by atomic mass is 10.3. The van der Waals surface area contributed by atoms with E-state index in [2.05, 4.69) is 15.3 Å². The number of aromatic nitrogens is 2. The van der Waals surface area contributed by atoms with Crippen LogP contribution in [0.25, 0.3) is 0 Å². The number of nitrogens with one attached hydrogen (secondary N) is 1. The number of amides is 1. The minimum atomic E-state index is -0.198. The molecule has 0 bridgehead atoms. The lowest BCUT2D eigenvalue weighted by Gasteiger charge is -2.06. The number of benzene rings is 1. The van der Waals surface area contributed by atoms with E-state index in [4.69, 9.17) is 9.47 Å². The molecule has 0 atom stereocenters. The summed E-state index contributed by atoms with van der Waals surface area (Å²) in [6, 6.07) is 11.0. The summed E-state index contributed by atoms with van der Waals surface area (Å²) >= 11 is 1.32. The van der Waals surface area contributed by atoms with E-state index in [1.807, 2.05) is 44.2 Å². The monoisotopic (exact) mass is 369 g/mol. The molecule has 0 radical (unpaired) electrons. The second-order valence-electron chi connectivity index (χ2n) is 5.63. The van der Waals surface area contributed by atoms with Crippen molar-refractivity contribution < 1.29 is 14.3 Å². The second-order valence-corrected chi connectivity index (χ2v) is 6.72. The van der Waals surface area contributed by atoms with E-state index in [1.54, 1.807) is 19.4 Å². The number of pyridine rings is 1. The van der Waals surface area contributed by atoms with Crippen molar-refractivity contribution in [1.82, 2.24) is 9.97 Å². The van der Waals surface area contributed by atoms with Gasteiger partial charge in [0.1, 0.15) is 28.0 Å². The predicted molar refractivity (Wildman–Crippen MR) is 101 cm³/mol. The van der Waals surface area contributed by atoms with E-state index in [-0.39, 0.29) is 5.91 Å². The number of carbonyl (C=O) groups excluding carboxylic acids is 1. The minimum absolute atomic E-state index is 0.198. The van der Waals surface area contributed by atoms with Crippen LogP contribution in [0.15, 0.2) is 42.6 Å². The maximum Gasteiger partial charge on any atom is 0.267 e. The molecule has 0 saturated carbocycles. The molecule has 2 aromatic heterocycles. The Hall–Kier alpha value is -2.93. The number of carbonyl (C=O) groups is 1. The molecule has 0 spiro atoms. The van der Waals surface area contributed by atoms with E-state index in [0.29, 0.717) is 34.4 Å². The van der Waals surface area contributed by atoms with Gasteiger partial charge in [-0.25, -0.2) is 4.98 Å². The summed E-state index contributed by atoms with van der Waals surface area (Å²) in [4.78, 5) is 21.7. The van der Waals surface area contributed by atoms with Gasteiger partial charge in [-0.1, -0.05) is 6.07 Å². The van der Waals surface area contributed by atoms with E-state index in [0.717, 1.165) is 10.7 Å². The van der Waals surface area contributed by atoms with Gasteiger partial charge in [0.15, 0.2) is 0 Å². The van der Waals surface area contributed by atoms with Crippen LogP contribution >= 0.6 is 11.3 Å². The van der Waals surface area contributed by atoms with Crippen LogP contribution in [0, 0.1) is 13.8 Å². The molecule has 3 aromatic rings. The fourth-order valence-corrected chi connectivity index (χ4v) is 3.17. The Balaban J connectivity index is 1.66. The normalized spacial score (nSPS) is 10.4. The molecule has 26 heavy (non-hydrogen) atoms. The number of anilines is 1. The van der Waals surface area contributed by atoms with Crippen molar-refractivity contribution in [2.45, 2.75) is 20.5 Å². The first-order valence-electron chi connectivity index (χ1n) is 8.02. The van der Waals surface area contributed by atoms with Crippen LogP contribution < -0.4 is 14.8 Å². The van der Waals surface area contributed by atoms with Crippen molar-refractivity contribution in [3.8, 4) is 11.5 Å². The molecular formula is C19H19N3O3S. The molecule has 1 amide bonds. The molecule has 1 N–H and O–H groups in total. The van der Waals surface area contributed by atoms with E-state index in [1.165, 1.54) is 11.3 Å². The summed E-state index contributed by atoms with van der Waals surface area (Å²) in [6.07, 6.45) is 1.67. The van der Waals surface area contributed by atoms with Gasteiger partial charge in [-0.2, -0.15) is 0 Å². The molecule has 0 saturated heterocycles. The highest BCUT2D eigenvalue weighted by Crippen LogP contribution is 2.23. The number of methoxy groups -OCH3 is 1. The third-order valence-electron chi connectivity index (χ3n) is 3.62. The zero-order chi connectivity index (χ0) is 18.5. The van der Waals surface area contributed by atoms with Gasteiger partial charge in [0, 0.05) is 17.4 Å². The molecule has 7 heteroatoms. The number of aryl methyl sites for hydroxylation is 2. The van der Waals surface area contributed by atoms with Gasteiger partial charge < -0.3 is 14.8 Å². The summed E-state index contributed by atoms with van der Waals surface area (Å²) in [5.41, 5.74) is 2.28. The Morgan fingerprint density at radius 1 is 1.19 bits per heavy atom. The highest BCUT2D eigenvalue weighted by Gasteiger charge is 2.16. The zero-order valence-corrected chi connectivity index (χ0v) is 15.6. The van der Waals surface area contributed by atoms with Crippen LogP contribution in [-0.4, -0.2) is 23.0 Å². The van der Waals surface area contributed by atoms with Gasteiger partial charge in [0.05, 0.1) is 19.0 Å². The average Bonchev–Trinajstić information content (AvgIpc) is 3.02. The molecule has 6 nitrogen and oxygen atoms in total. The minimum Gasteiger partial charge on any atom is -0.497 e. The number of ether oxygens (including phenoxy) is 2. The standard InChI is InChI=1S/C19H19N3O3S/c1-12-7-8-16(10-20-12)25-11-17-21-13(2)18(26-17)19(23)22-14-5-4-6-15(9-14)24-3/h4-10H,11H2,1-3H3,(H,22,23). The van der Waals surface area contributed by atoms with Gasteiger partial charge in [0.25, 0.3) is 5.91 Å². The molecule has 2 heterocycles. The van der Waals surface area contributed by atoms with E-state index in [9.17, 15) is 4.79 Å². The summed E-state index contributed by atoms with van der Waals surface area (Å²) in [6.45, 7) is 4.03. The fraction of sp³-hybridized carbons (Fsp3) is 0.211. The molecular weight excluding hydrogens is 350 g/mol. The molecule has 134 valence electrons. The number of hydrogen-bond donors (Lipinski definition) is 1. The number of nitrogens with zero attached hydrogens (tertiary/aromatic N) is 2. The molecule has 0 aliphatic heterocycles. The number of hydrogen-bond acceptors (Lipinski definition) is 6. The summed E-state index contributed by atoms with van der Waals surface area (Å²) in [7, 11) is 1.59. The Labute approximate surface area is 155 Å². The van der Waals surface area contributed by atoms with Crippen molar-refractivity contribution in [3.63, 3.8) is 0 Å². The third-order valence-corrected chi connectivity index (χ3v) is 4.75. The van der Waals surface area contributed by atoms with Gasteiger partial charge >= 0.3 is 0 Å².